The third-order valence-corrected chi connectivity index (χ3v) is 5.29. The second-order valence-electron chi connectivity index (χ2n) is 7.73. The van der Waals surface area contributed by atoms with Crippen molar-refractivity contribution < 1.29 is 9.59 Å². The van der Waals surface area contributed by atoms with Crippen molar-refractivity contribution in [3.63, 3.8) is 0 Å². The van der Waals surface area contributed by atoms with Gasteiger partial charge in [-0.2, -0.15) is 0 Å². The maximum absolute atomic E-state index is 12.5. The molecule has 6 nitrogen and oxygen atoms in total. The number of benzene rings is 2. The molecule has 1 saturated heterocycles. The quantitative estimate of drug-likeness (QED) is 0.749. The summed E-state index contributed by atoms with van der Waals surface area (Å²) in [5.74, 6) is -0.183. The highest BCUT2D eigenvalue weighted by molar-refractivity contribution is 6.04. The van der Waals surface area contributed by atoms with Crippen molar-refractivity contribution >= 4 is 28.9 Å². The largest absolute Gasteiger partial charge is 0.370 e. The van der Waals surface area contributed by atoms with Crippen LogP contribution < -0.4 is 15.5 Å². The van der Waals surface area contributed by atoms with Gasteiger partial charge in [0.2, 0.25) is 5.91 Å². The minimum absolute atomic E-state index is 0.0142. The van der Waals surface area contributed by atoms with Gasteiger partial charge in [0.1, 0.15) is 0 Å². The van der Waals surface area contributed by atoms with Crippen molar-refractivity contribution in [2.24, 2.45) is 0 Å². The van der Waals surface area contributed by atoms with E-state index in [-0.39, 0.29) is 11.8 Å². The molecular weight excluding hydrogens is 364 g/mol. The van der Waals surface area contributed by atoms with Crippen LogP contribution in [0, 0.1) is 0 Å². The lowest BCUT2D eigenvalue weighted by Crippen LogP contribution is -2.31. The van der Waals surface area contributed by atoms with E-state index in [9.17, 15) is 9.59 Å². The fourth-order valence-corrected chi connectivity index (χ4v) is 3.51. The number of amides is 2. The van der Waals surface area contributed by atoms with Gasteiger partial charge in [-0.3, -0.25) is 9.59 Å². The number of nitrogens with one attached hydrogen (secondary N) is 2. The summed E-state index contributed by atoms with van der Waals surface area (Å²) in [6.45, 7) is 4.04. The molecule has 0 bridgehead atoms. The molecule has 1 atom stereocenters. The molecule has 6 heteroatoms. The first-order valence-corrected chi connectivity index (χ1v) is 10.2. The Bertz CT molecular complexity index is 831. The second kappa shape index (κ2) is 9.56. The first-order valence-electron chi connectivity index (χ1n) is 10.2. The van der Waals surface area contributed by atoms with Crippen LogP contribution in [0.2, 0.25) is 0 Å². The molecule has 29 heavy (non-hydrogen) atoms. The van der Waals surface area contributed by atoms with Crippen LogP contribution >= 0.6 is 0 Å². The van der Waals surface area contributed by atoms with Gasteiger partial charge in [-0.1, -0.05) is 6.92 Å². The third-order valence-electron chi connectivity index (χ3n) is 5.29. The summed E-state index contributed by atoms with van der Waals surface area (Å²) < 4.78 is 0. The molecule has 1 unspecified atom stereocenters. The molecule has 1 aliphatic heterocycles. The van der Waals surface area contributed by atoms with E-state index in [1.54, 1.807) is 24.3 Å². The van der Waals surface area contributed by atoms with Crippen LogP contribution in [-0.2, 0) is 4.79 Å². The van der Waals surface area contributed by atoms with Crippen molar-refractivity contribution in [2.45, 2.75) is 32.2 Å². The van der Waals surface area contributed by atoms with Crippen LogP contribution in [0.15, 0.2) is 48.5 Å². The highest BCUT2D eigenvalue weighted by Gasteiger charge is 2.23. The fraction of sp³-hybridized carbons (Fsp3) is 0.391. The van der Waals surface area contributed by atoms with Crippen LogP contribution in [-0.4, -0.2) is 49.9 Å². The molecule has 1 heterocycles. The van der Waals surface area contributed by atoms with Crippen LogP contribution in [0.3, 0.4) is 0 Å². The lowest BCUT2D eigenvalue weighted by atomic mass is 10.1. The van der Waals surface area contributed by atoms with Crippen molar-refractivity contribution in [2.75, 3.05) is 42.7 Å². The van der Waals surface area contributed by atoms with Gasteiger partial charge >= 0.3 is 0 Å². The molecule has 2 amide bonds. The fourth-order valence-electron chi connectivity index (χ4n) is 3.51. The molecule has 2 N–H and O–H groups in total. The summed E-state index contributed by atoms with van der Waals surface area (Å²) in [7, 11) is 4.25. The highest BCUT2D eigenvalue weighted by Crippen LogP contribution is 2.24. The van der Waals surface area contributed by atoms with Crippen LogP contribution in [0.4, 0.5) is 17.1 Å². The lowest BCUT2D eigenvalue weighted by molar-refractivity contribution is -0.116. The van der Waals surface area contributed by atoms with E-state index in [0.717, 1.165) is 25.2 Å². The number of hydrogen-bond acceptors (Lipinski definition) is 4. The Balaban J connectivity index is 1.56. The predicted octanol–water partition coefficient (Wildman–Crippen LogP) is 3.82. The maximum Gasteiger partial charge on any atom is 0.255 e. The number of rotatable bonds is 7. The monoisotopic (exact) mass is 394 g/mol. The Kier molecular flexibility index (Phi) is 6.88. The first kappa shape index (κ1) is 20.9. The molecule has 2 aromatic carbocycles. The Morgan fingerprint density at radius 2 is 1.62 bits per heavy atom. The van der Waals surface area contributed by atoms with E-state index >= 15 is 0 Å². The van der Waals surface area contributed by atoms with E-state index < -0.39 is 0 Å². The molecule has 154 valence electrons. The van der Waals surface area contributed by atoms with Crippen molar-refractivity contribution in [1.29, 1.82) is 0 Å². The molecule has 0 saturated carbocycles. The number of likely N-dealkylation sites (N-methyl/N-ethyl adjacent to an activating group) is 1. The SMILES string of the molecule is CCCC(=O)Nc1ccc(C(=O)Nc2ccc(N3CCC(N(C)C)C3)cc2)cc1. The molecule has 0 aromatic heterocycles. The summed E-state index contributed by atoms with van der Waals surface area (Å²) in [4.78, 5) is 28.8. The van der Waals surface area contributed by atoms with Gasteiger partial charge in [-0.15, -0.1) is 0 Å². The Hall–Kier alpha value is -2.86. The molecule has 0 spiro atoms. The highest BCUT2D eigenvalue weighted by atomic mass is 16.2. The van der Waals surface area contributed by atoms with E-state index in [0.29, 0.717) is 23.7 Å². The summed E-state index contributed by atoms with van der Waals surface area (Å²) in [6.07, 6.45) is 2.46. The number of hydrogen-bond donors (Lipinski definition) is 2. The number of nitrogens with zero attached hydrogens (tertiary/aromatic N) is 2. The van der Waals surface area contributed by atoms with Crippen molar-refractivity contribution in [3.05, 3.63) is 54.1 Å². The summed E-state index contributed by atoms with van der Waals surface area (Å²) >= 11 is 0. The summed E-state index contributed by atoms with van der Waals surface area (Å²) in [6, 6.07) is 15.5. The zero-order valence-corrected chi connectivity index (χ0v) is 17.4. The van der Waals surface area contributed by atoms with Crippen LogP contribution in [0.25, 0.3) is 0 Å². The molecule has 2 aromatic rings. The van der Waals surface area contributed by atoms with E-state index in [4.69, 9.17) is 0 Å². The standard InChI is InChI=1S/C23H30N4O2/c1-4-5-22(28)24-18-8-6-17(7-9-18)23(29)25-19-10-12-20(13-11-19)27-15-14-21(16-27)26(2)3/h6-13,21H,4-5,14-16H2,1-3H3,(H,24,28)(H,25,29). The van der Waals surface area contributed by atoms with Crippen molar-refractivity contribution in [1.82, 2.24) is 4.90 Å². The van der Waals surface area contributed by atoms with Gasteiger partial charge in [0, 0.05) is 48.2 Å². The first-order chi connectivity index (χ1) is 14.0. The van der Waals surface area contributed by atoms with Gasteiger partial charge in [0.25, 0.3) is 5.91 Å². The normalized spacial score (nSPS) is 16.1. The van der Waals surface area contributed by atoms with Gasteiger partial charge in [0.05, 0.1) is 0 Å². The Morgan fingerprint density at radius 1 is 1.00 bits per heavy atom. The molecule has 1 aliphatic rings. The minimum Gasteiger partial charge on any atom is -0.370 e. The zero-order chi connectivity index (χ0) is 20.8. The van der Waals surface area contributed by atoms with Crippen LogP contribution in [0.5, 0.6) is 0 Å². The van der Waals surface area contributed by atoms with Crippen LogP contribution in [0.1, 0.15) is 36.5 Å². The Morgan fingerprint density at radius 3 is 2.21 bits per heavy atom. The van der Waals surface area contributed by atoms with Gasteiger partial charge < -0.3 is 20.4 Å². The van der Waals surface area contributed by atoms with Gasteiger partial charge in [0.15, 0.2) is 0 Å². The molecule has 0 radical (unpaired) electrons. The van der Waals surface area contributed by atoms with Crippen molar-refractivity contribution in [3.8, 4) is 0 Å². The molecule has 3 rings (SSSR count). The molecular formula is C23H30N4O2. The minimum atomic E-state index is -0.168. The third kappa shape index (κ3) is 5.57. The second-order valence-corrected chi connectivity index (χ2v) is 7.73. The lowest BCUT2D eigenvalue weighted by Gasteiger charge is -2.22. The summed E-state index contributed by atoms with van der Waals surface area (Å²) in [5.41, 5.74) is 3.20. The number of carbonyl (C=O) groups excluding carboxylic acids is 2. The van der Waals surface area contributed by atoms with E-state index in [1.165, 1.54) is 12.1 Å². The molecule has 0 aliphatic carbocycles. The van der Waals surface area contributed by atoms with E-state index in [1.807, 2.05) is 19.1 Å². The molecule has 1 fully saturated rings. The van der Waals surface area contributed by atoms with Gasteiger partial charge in [-0.25, -0.2) is 0 Å². The number of carbonyl (C=O) groups is 2. The topological polar surface area (TPSA) is 64.7 Å². The average molecular weight is 395 g/mol. The number of anilines is 3. The smallest absolute Gasteiger partial charge is 0.255 e. The Labute approximate surface area is 172 Å². The van der Waals surface area contributed by atoms with E-state index in [2.05, 4.69) is 46.7 Å². The predicted molar refractivity (Wildman–Crippen MR) is 119 cm³/mol. The average Bonchev–Trinajstić information content (AvgIpc) is 3.20. The maximum atomic E-state index is 12.5. The zero-order valence-electron chi connectivity index (χ0n) is 17.4. The summed E-state index contributed by atoms with van der Waals surface area (Å²) in [5, 5.41) is 5.75. The van der Waals surface area contributed by atoms with Gasteiger partial charge in [-0.05, 0) is 75.5 Å².